The van der Waals surface area contributed by atoms with Crippen LogP contribution in [0, 0.1) is 5.82 Å². The largest absolute Gasteiger partial charge is 0.373 e. The van der Waals surface area contributed by atoms with Gasteiger partial charge in [0.2, 0.25) is 5.91 Å². The average Bonchev–Trinajstić information content (AvgIpc) is 3.46. The van der Waals surface area contributed by atoms with Crippen molar-refractivity contribution in [1.82, 2.24) is 19.8 Å². The number of nitrogens with zero attached hydrogens (tertiary/aromatic N) is 5. The van der Waals surface area contributed by atoms with Gasteiger partial charge in [-0.15, -0.1) is 0 Å². The third-order valence-electron chi connectivity index (χ3n) is 6.35. The lowest BCUT2D eigenvalue weighted by molar-refractivity contribution is -0.129. The van der Waals surface area contributed by atoms with Gasteiger partial charge in [0.25, 0.3) is 0 Å². The Bertz CT molecular complexity index is 962. The Morgan fingerprint density at radius 1 is 1.16 bits per heavy atom. The van der Waals surface area contributed by atoms with Crippen molar-refractivity contribution in [3.63, 3.8) is 0 Å². The van der Waals surface area contributed by atoms with Crippen LogP contribution in [0.5, 0.6) is 0 Å². The normalized spacial score (nSPS) is 18.6. The van der Waals surface area contributed by atoms with E-state index < -0.39 is 0 Å². The minimum absolute atomic E-state index is 0.0593. The highest BCUT2D eigenvalue weighted by Crippen LogP contribution is 2.31. The molecular formula is C24H33FN6O. The molecule has 32 heavy (non-hydrogen) atoms. The molecule has 7 nitrogen and oxygen atoms in total. The molecule has 3 heterocycles. The molecule has 2 fully saturated rings. The van der Waals surface area contributed by atoms with E-state index in [0.29, 0.717) is 24.6 Å². The second kappa shape index (κ2) is 9.81. The van der Waals surface area contributed by atoms with Crippen LogP contribution in [0.3, 0.4) is 0 Å². The first-order chi connectivity index (χ1) is 15.4. The van der Waals surface area contributed by atoms with Gasteiger partial charge in [0.15, 0.2) is 5.82 Å². The number of carbonyl (C=O) groups excluding carboxylic acids is 1. The van der Waals surface area contributed by atoms with E-state index in [4.69, 9.17) is 4.98 Å². The molecule has 2 aliphatic rings. The molecule has 0 saturated carbocycles. The third-order valence-corrected chi connectivity index (χ3v) is 6.35. The maximum Gasteiger partial charge on any atom is 0.220 e. The summed E-state index contributed by atoms with van der Waals surface area (Å²) < 4.78 is 14.7. The minimum Gasteiger partial charge on any atom is -0.373 e. The van der Waals surface area contributed by atoms with E-state index >= 15 is 0 Å². The van der Waals surface area contributed by atoms with E-state index in [1.165, 1.54) is 0 Å². The quantitative estimate of drug-likeness (QED) is 0.710. The molecular weight excluding hydrogens is 407 g/mol. The second-order valence-corrected chi connectivity index (χ2v) is 8.88. The van der Waals surface area contributed by atoms with E-state index in [1.54, 1.807) is 13.0 Å². The summed E-state index contributed by atoms with van der Waals surface area (Å²) in [7, 11) is 3.84. The van der Waals surface area contributed by atoms with Gasteiger partial charge in [0.1, 0.15) is 11.6 Å². The van der Waals surface area contributed by atoms with Crippen molar-refractivity contribution in [3.8, 4) is 0 Å². The highest BCUT2D eigenvalue weighted by atomic mass is 19.1. The number of hydrogen-bond donors (Lipinski definition) is 1. The van der Waals surface area contributed by atoms with Gasteiger partial charge < -0.3 is 15.1 Å². The van der Waals surface area contributed by atoms with E-state index in [-0.39, 0.29) is 17.8 Å². The molecule has 2 aliphatic heterocycles. The number of anilines is 2. The number of rotatable bonds is 7. The molecule has 1 atom stereocenters. The van der Waals surface area contributed by atoms with Gasteiger partial charge in [-0.2, -0.15) is 0 Å². The number of aromatic nitrogens is 2. The molecule has 1 aromatic heterocycles. The van der Waals surface area contributed by atoms with Crippen molar-refractivity contribution in [2.75, 3.05) is 43.9 Å². The van der Waals surface area contributed by atoms with E-state index in [9.17, 15) is 9.18 Å². The molecule has 1 aromatic carbocycles. The van der Waals surface area contributed by atoms with Crippen molar-refractivity contribution in [2.45, 2.75) is 51.7 Å². The number of nitrogens with one attached hydrogen (secondary N) is 1. The summed E-state index contributed by atoms with van der Waals surface area (Å²) in [6.07, 6.45) is 4.10. The van der Waals surface area contributed by atoms with Gasteiger partial charge in [-0.25, -0.2) is 14.4 Å². The smallest absolute Gasteiger partial charge is 0.220 e. The summed E-state index contributed by atoms with van der Waals surface area (Å²) >= 11 is 0. The summed E-state index contributed by atoms with van der Waals surface area (Å²) in [6, 6.07) is 7.43. The van der Waals surface area contributed by atoms with E-state index in [0.717, 1.165) is 62.4 Å². The van der Waals surface area contributed by atoms with E-state index in [2.05, 4.69) is 20.1 Å². The van der Waals surface area contributed by atoms with Gasteiger partial charge in [-0.3, -0.25) is 9.69 Å². The summed E-state index contributed by atoms with van der Waals surface area (Å²) in [5.74, 6) is 1.35. The fourth-order valence-corrected chi connectivity index (χ4v) is 4.80. The Kier molecular flexibility index (Phi) is 6.89. The summed E-state index contributed by atoms with van der Waals surface area (Å²) in [5, 5.41) is 3.11. The van der Waals surface area contributed by atoms with Crippen LogP contribution in [-0.2, 0) is 17.9 Å². The first-order valence-corrected chi connectivity index (χ1v) is 11.5. The van der Waals surface area contributed by atoms with Gasteiger partial charge in [-0.1, -0.05) is 6.07 Å². The van der Waals surface area contributed by atoms with E-state index in [1.807, 2.05) is 37.2 Å². The maximum atomic E-state index is 14.7. The van der Waals surface area contributed by atoms with Crippen molar-refractivity contribution in [3.05, 3.63) is 47.2 Å². The third kappa shape index (κ3) is 5.01. The molecule has 1 amide bonds. The Balaban J connectivity index is 1.46. The number of benzene rings is 1. The first-order valence-electron chi connectivity index (χ1n) is 11.5. The monoisotopic (exact) mass is 440 g/mol. The molecule has 8 heteroatoms. The van der Waals surface area contributed by atoms with Crippen molar-refractivity contribution in [2.24, 2.45) is 0 Å². The van der Waals surface area contributed by atoms with Gasteiger partial charge >= 0.3 is 0 Å². The first kappa shape index (κ1) is 22.5. The molecule has 0 spiro atoms. The number of halogens is 1. The lowest BCUT2D eigenvalue weighted by Gasteiger charge is -2.24. The zero-order chi connectivity index (χ0) is 22.7. The predicted octanol–water partition coefficient (Wildman–Crippen LogP) is 3.57. The summed E-state index contributed by atoms with van der Waals surface area (Å²) in [5.41, 5.74) is 2.53. The van der Waals surface area contributed by atoms with Crippen LogP contribution >= 0.6 is 0 Å². The van der Waals surface area contributed by atoms with Gasteiger partial charge in [-0.05, 0) is 50.4 Å². The number of hydrogen-bond acceptors (Lipinski definition) is 6. The minimum atomic E-state index is -0.148. The van der Waals surface area contributed by atoms with Crippen LogP contribution in [0.15, 0.2) is 24.3 Å². The SMILES string of the molecule is CNc1cc(CN(C)Cc2ccc(N3CCCC3)c(F)c2)nc([C@H]2CCCN2C(C)=O)n1. The van der Waals surface area contributed by atoms with Crippen LogP contribution in [0.4, 0.5) is 15.9 Å². The second-order valence-electron chi connectivity index (χ2n) is 8.88. The molecule has 0 unspecified atom stereocenters. The zero-order valence-corrected chi connectivity index (χ0v) is 19.3. The predicted molar refractivity (Wildman–Crippen MR) is 124 cm³/mol. The molecule has 1 N–H and O–H groups in total. The summed E-state index contributed by atoms with van der Waals surface area (Å²) in [4.78, 5) is 27.5. The maximum absolute atomic E-state index is 14.7. The Labute approximate surface area is 189 Å². The zero-order valence-electron chi connectivity index (χ0n) is 19.3. The lowest BCUT2D eigenvalue weighted by atomic mass is 10.1. The lowest BCUT2D eigenvalue weighted by Crippen LogP contribution is -2.29. The molecule has 2 aromatic rings. The van der Waals surface area contributed by atoms with Crippen molar-refractivity contribution < 1.29 is 9.18 Å². The number of amides is 1. The Morgan fingerprint density at radius 3 is 2.62 bits per heavy atom. The summed E-state index contributed by atoms with van der Waals surface area (Å²) in [6.45, 7) is 5.44. The molecule has 172 valence electrons. The topological polar surface area (TPSA) is 64.6 Å². The number of likely N-dealkylation sites (tertiary alicyclic amines) is 1. The highest BCUT2D eigenvalue weighted by molar-refractivity contribution is 5.74. The molecule has 0 bridgehead atoms. The Hall–Kier alpha value is -2.74. The van der Waals surface area contributed by atoms with Gasteiger partial charge in [0, 0.05) is 52.8 Å². The fourth-order valence-electron chi connectivity index (χ4n) is 4.80. The van der Waals surface area contributed by atoms with Crippen LogP contribution in [0.1, 0.15) is 55.7 Å². The molecule has 0 radical (unpaired) electrons. The van der Waals surface area contributed by atoms with Crippen molar-refractivity contribution >= 4 is 17.4 Å². The van der Waals surface area contributed by atoms with Crippen LogP contribution < -0.4 is 10.2 Å². The molecule has 4 rings (SSSR count). The van der Waals surface area contributed by atoms with Crippen LogP contribution in [-0.4, -0.2) is 59.4 Å². The van der Waals surface area contributed by atoms with Gasteiger partial charge in [0.05, 0.1) is 17.4 Å². The van der Waals surface area contributed by atoms with Crippen molar-refractivity contribution in [1.29, 1.82) is 0 Å². The Morgan fingerprint density at radius 2 is 1.94 bits per heavy atom. The average molecular weight is 441 g/mol. The fraction of sp³-hybridized carbons (Fsp3) is 0.542. The van der Waals surface area contributed by atoms with Crippen LogP contribution in [0.25, 0.3) is 0 Å². The van der Waals surface area contributed by atoms with Crippen LogP contribution in [0.2, 0.25) is 0 Å². The standard InChI is InChI=1S/C24H33FN6O/c1-17(32)31-12-6-7-22(31)24-27-19(14-23(26-2)28-24)16-29(3)15-18-8-9-21(20(25)13-18)30-10-4-5-11-30/h8-9,13-14,22H,4-7,10-12,15-16H2,1-3H3,(H,26,27,28)/t22-/m1/s1. The molecule has 0 aliphatic carbocycles. The number of carbonyl (C=O) groups is 1. The highest BCUT2D eigenvalue weighted by Gasteiger charge is 2.30. The molecule has 2 saturated heterocycles.